The van der Waals surface area contributed by atoms with Crippen molar-refractivity contribution in [2.75, 3.05) is 13.2 Å². The van der Waals surface area contributed by atoms with Crippen LogP contribution in [0, 0.1) is 12.3 Å². The van der Waals surface area contributed by atoms with Crippen molar-refractivity contribution in [3.8, 4) is 5.92 Å². The molecular weight excluding hydrogens is 128 g/mol. The second-order valence-corrected chi connectivity index (χ2v) is 2.28. The van der Waals surface area contributed by atoms with Crippen LogP contribution in [0.2, 0.25) is 0 Å². The highest BCUT2D eigenvalue weighted by molar-refractivity contribution is 4.74. The van der Waals surface area contributed by atoms with Crippen LogP contribution in [0.4, 0.5) is 0 Å². The molecule has 0 aromatic carbocycles. The molecule has 1 fully saturated rings. The molecule has 0 aromatic heterocycles. The van der Waals surface area contributed by atoms with Crippen molar-refractivity contribution in [2.45, 2.75) is 25.6 Å². The summed E-state index contributed by atoms with van der Waals surface area (Å²) in [5, 5.41) is 0. The lowest BCUT2D eigenvalue weighted by Gasteiger charge is -2.21. The van der Waals surface area contributed by atoms with Gasteiger partial charge in [-0.15, -0.1) is 0 Å². The molecule has 0 saturated carbocycles. The summed E-state index contributed by atoms with van der Waals surface area (Å²) >= 11 is 0. The molecule has 2 heteroatoms. The Morgan fingerprint density at radius 1 is 1.60 bits per heavy atom. The number of ether oxygens (including phenoxy) is 2. The van der Waals surface area contributed by atoms with E-state index in [2.05, 4.69) is 5.92 Å². The molecule has 2 nitrogen and oxygen atoms in total. The Hall–Kier alpha value is -0.520. The van der Waals surface area contributed by atoms with Gasteiger partial charge < -0.3 is 9.47 Å². The Kier molecular flexibility index (Phi) is 3.28. The molecule has 0 aliphatic carbocycles. The van der Waals surface area contributed by atoms with Crippen molar-refractivity contribution in [2.24, 2.45) is 0 Å². The zero-order valence-electron chi connectivity index (χ0n) is 5.93. The molecule has 1 saturated heterocycles. The fourth-order valence-electron chi connectivity index (χ4n) is 0.977. The van der Waals surface area contributed by atoms with Gasteiger partial charge in [-0.2, -0.15) is 0 Å². The molecule has 0 N–H and O–H groups in total. The molecule has 0 amide bonds. The fraction of sp³-hybridized carbons (Fsp3) is 0.750. The summed E-state index contributed by atoms with van der Waals surface area (Å²) < 4.78 is 10.3. The van der Waals surface area contributed by atoms with Gasteiger partial charge in [0.1, 0.15) is 6.61 Å². The first kappa shape index (κ1) is 7.59. The predicted octanol–water partition coefficient (Wildman–Crippen LogP) is 1.12. The van der Waals surface area contributed by atoms with E-state index in [0.29, 0.717) is 0 Å². The van der Waals surface area contributed by atoms with Gasteiger partial charge in [0.05, 0.1) is 0 Å². The van der Waals surface area contributed by atoms with Gasteiger partial charge in [-0.05, 0) is 25.7 Å². The van der Waals surface area contributed by atoms with Crippen molar-refractivity contribution in [3.05, 3.63) is 6.42 Å². The van der Waals surface area contributed by atoms with Crippen molar-refractivity contribution in [3.63, 3.8) is 0 Å². The van der Waals surface area contributed by atoms with E-state index >= 15 is 0 Å². The summed E-state index contributed by atoms with van der Waals surface area (Å²) in [5.41, 5.74) is 0. The Labute approximate surface area is 61.5 Å². The first-order valence-electron chi connectivity index (χ1n) is 3.56. The third-order valence-corrected chi connectivity index (χ3v) is 1.48. The average molecular weight is 139 g/mol. The van der Waals surface area contributed by atoms with Crippen LogP contribution < -0.4 is 0 Å². The monoisotopic (exact) mass is 139 g/mol. The van der Waals surface area contributed by atoms with Crippen molar-refractivity contribution in [1.82, 2.24) is 0 Å². The predicted molar refractivity (Wildman–Crippen MR) is 36.7 cm³/mol. The maximum atomic E-state index is 6.59. The molecule has 0 spiro atoms. The molecule has 0 aromatic rings. The molecule has 1 rings (SSSR count). The summed E-state index contributed by atoms with van der Waals surface area (Å²) in [7, 11) is 0. The lowest BCUT2D eigenvalue weighted by Crippen LogP contribution is -2.22. The summed E-state index contributed by atoms with van der Waals surface area (Å²) in [5.74, 6) is 2.16. The quantitative estimate of drug-likeness (QED) is 0.534. The second kappa shape index (κ2) is 4.32. The first-order valence-corrected chi connectivity index (χ1v) is 3.56. The van der Waals surface area contributed by atoms with Gasteiger partial charge in [0.2, 0.25) is 0 Å². The Morgan fingerprint density at radius 3 is 3.10 bits per heavy atom. The minimum Gasteiger partial charge on any atom is -0.353 e. The zero-order valence-corrected chi connectivity index (χ0v) is 5.93. The van der Waals surface area contributed by atoms with Crippen LogP contribution in [0.1, 0.15) is 19.3 Å². The highest BCUT2D eigenvalue weighted by atomic mass is 16.7. The van der Waals surface area contributed by atoms with Crippen LogP contribution in [0.3, 0.4) is 0 Å². The molecule has 1 aliphatic heterocycles. The van der Waals surface area contributed by atoms with Gasteiger partial charge in [-0.25, -0.2) is 0 Å². The molecule has 1 heterocycles. The van der Waals surface area contributed by atoms with Crippen LogP contribution in [-0.4, -0.2) is 19.5 Å². The zero-order chi connectivity index (χ0) is 7.23. The van der Waals surface area contributed by atoms with Gasteiger partial charge in [0, 0.05) is 6.61 Å². The molecule has 0 bridgehead atoms. The molecule has 1 atom stereocenters. The summed E-state index contributed by atoms with van der Waals surface area (Å²) in [4.78, 5) is 0. The van der Waals surface area contributed by atoms with Crippen LogP contribution in [0.25, 0.3) is 0 Å². The van der Waals surface area contributed by atoms with Gasteiger partial charge >= 0.3 is 0 Å². The van der Waals surface area contributed by atoms with E-state index in [9.17, 15) is 0 Å². The standard InChI is InChI=1S/C8H11O2/c1-2-6-9-8-5-3-4-7-10-8/h8H,3-7H2. The molecule has 10 heavy (non-hydrogen) atoms. The SMILES string of the molecule is [C]#CCOC1CCCCO1. The minimum atomic E-state index is -0.0772. The molecule has 55 valence electrons. The van der Waals surface area contributed by atoms with E-state index in [0.717, 1.165) is 19.4 Å². The van der Waals surface area contributed by atoms with Gasteiger partial charge in [-0.1, -0.05) is 5.92 Å². The smallest absolute Gasteiger partial charge is 0.158 e. The lowest BCUT2D eigenvalue weighted by molar-refractivity contribution is -0.154. The maximum Gasteiger partial charge on any atom is 0.158 e. The van der Waals surface area contributed by atoms with Gasteiger partial charge in [0.15, 0.2) is 6.29 Å². The maximum absolute atomic E-state index is 6.59. The van der Waals surface area contributed by atoms with Gasteiger partial charge in [-0.3, -0.25) is 0 Å². The third kappa shape index (κ3) is 2.38. The van der Waals surface area contributed by atoms with E-state index < -0.39 is 0 Å². The fourth-order valence-corrected chi connectivity index (χ4v) is 0.977. The van der Waals surface area contributed by atoms with Gasteiger partial charge in [0.25, 0.3) is 0 Å². The van der Waals surface area contributed by atoms with E-state index in [1.165, 1.54) is 6.42 Å². The minimum absolute atomic E-state index is 0.0772. The number of rotatable bonds is 2. The van der Waals surface area contributed by atoms with Crippen molar-refractivity contribution >= 4 is 0 Å². The van der Waals surface area contributed by atoms with Crippen LogP contribution in [-0.2, 0) is 9.47 Å². The molecule has 1 radical (unpaired) electrons. The van der Waals surface area contributed by atoms with Crippen molar-refractivity contribution in [1.29, 1.82) is 0 Å². The van der Waals surface area contributed by atoms with Crippen molar-refractivity contribution < 1.29 is 9.47 Å². The molecule has 1 unspecified atom stereocenters. The Morgan fingerprint density at radius 2 is 2.50 bits per heavy atom. The van der Waals surface area contributed by atoms with E-state index in [1.54, 1.807) is 0 Å². The first-order chi connectivity index (χ1) is 4.93. The molecule has 1 aliphatic rings. The molecular formula is C8H11O2. The Balaban J connectivity index is 2.09. The summed E-state index contributed by atoms with van der Waals surface area (Å²) in [6.45, 7) is 1.05. The van der Waals surface area contributed by atoms with Crippen LogP contribution in [0.5, 0.6) is 0 Å². The lowest BCUT2D eigenvalue weighted by atomic mass is 10.2. The summed E-state index contributed by atoms with van der Waals surface area (Å²) in [6, 6.07) is 0. The second-order valence-electron chi connectivity index (χ2n) is 2.28. The summed E-state index contributed by atoms with van der Waals surface area (Å²) in [6.07, 6.45) is 9.78. The largest absolute Gasteiger partial charge is 0.353 e. The number of hydrogen-bond donors (Lipinski definition) is 0. The third-order valence-electron chi connectivity index (χ3n) is 1.48. The topological polar surface area (TPSA) is 18.5 Å². The van der Waals surface area contributed by atoms with E-state index in [1.807, 2.05) is 0 Å². The average Bonchev–Trinajstić information content (AvgIpc) is 2.03. The highest BCUT2D eigenvalue weighted by Crippen LogP contribution is 2.12. The highest BCUT2D eigenvalue weighted by Gasteiger charge is 2.12. The van der Waals surface area contributed by atoms with E-state index in [4.69, 9.17) is 15.9 Å². The number of hydrogen-bond acceptors (Lipinski definition) is 2. The van der Waals surface area contributed by atoms with Crippen LogP contribution >= 0.6 is 0 Å². The van der Waals surface area contributed by atoms with E-state index in [-0.39, 0.29) is 12.9 Å². The van der Waals surface area contributed by atoms with Crippen LogP contribution in [0.15, 0.2) is 0 Å². The normalized spacial score (nSPS) is 25.7. The Bertz CT molecular complexity index is 120.